The van der Waals surface area contributed by atoms with Gasteiger partial charge in [0.25, 0.3) is 0 Å². The Labute approximate surface area is 121 Å². The van der Waals surface area contributed by atoms with E-state index in [0.29, 0.717) is 24.4 Å². The summed E-state index contributed by atoms with van der Waals surface area (Å²) in [5, 5.41) is 8.67. The SMILES string of the molecule is CC(C)(C)C1CCN(C(=O)N(CC(=O)O)CC(F)(F)F)C1. The number of likely N-dealkylation sites (tertiary alicyclic amines) is 1. The Morgan fingerprint density at radius 3 is 2.24 bits per heavy atom. The van der Waals surface area contributed by atoms with E-state index in [2.05, 4.69) is 0 Å². The maximum Gasteiger partial charge on any atom is 0.406 e. The fourth-order valence-electron chi connectivity index (χ4n) is 2.41. The average Bonchev–Trinajstić information content (AvgIpc) is 2.73. The number of amides is 2. The smallest absolute Gasteiger partial charge is 0.406 e. The van der Waals surface area contributed by atoms with Crippen molar-refractivity contribution in [3.8, 4) is 0 Å². The summed E-state index contributed by atoms with van der Waals surface area (Å²) in [6, 6.07) is -0.860. The fraction of sp³-hybridized carbons (Fsp3) is 0.846. The Morgan fingerprint density at radius 1 is 1.29 bits per heavy atom. The van der Waals surface area contributed by atoms with Gasteiger partial charge >= 0.3 is 18.2 Å². The molecule has 1 rings (SSSR count). The van der Waals surface area contributed by atoms with Crippen LogP contribution in [0.25, 0.3) is 0 Å². The van der Waals surface area contributed by atoms with E-state index in [4.69, 9.17) is 5.11 Å². The number of carboxylic acid groups (broad SMARTS) is 1. The molecule has 1 aliphatic heterocycles. The minimum Gasteiger partial charge on any atom is -0.480 e. The Hall–Kier alpha value is -1.47. The molecule has 5 nitrogen and oxygen atoms in total. The van der Waals surface area contributed by atoms with E-state index in [1.807, 2.05) is 20.8 Å². The van der Waals surface area contributed by atoms with Crippen LogP contribution in [0.4, 0.5) is 18.0 Å². The van der Waals surface area contributed by atoms with Gasteiger partial charge in [0.1, 0.15) is 13.1 Å². The first-order valence-electron chi connectivity index (χ1n) is 6.72. The van der Waals surface area contributed by atoms with Crippen molar-refractivity contribution in [3.05, 3.63) is 0 Å². The van der Waals surface area contributed by atoms with Crippen LogP contribution in [-0.4, -0.2) is 59.3 Å². The van der Waals surface area contributed by atoms with Gasteiger partial charge in [-0.25, -0.2) is 4.79 Å². The van der Waals surface area contributed by atoms with E-state index in [1.165, 1.54) is 4.90 Å². The van der Waals surface area contributed by atoms with Crippen LogP contribution in [0.15, 0.2) is 0 Å². The van der Waals surface area contributed by atoms with Crippen molar-refractivity contribution in [2.24, 2.45) is 11.3 Å². The number of alkyl halides is 3. The van der Waals surface area contributed by atoms with Gasteiger partial charge in [-0.15, -0.1) is 0 Å². The summed E-state index contributed by atoms with van der Waals surface area (Å²) < 4.78 is 37.4. The number of hydrogen-bond acceptors (Lipinski definition) is 2. The normalized spacial score (nSPS) is 19.7. The topological polar surface area (TPSA) is 60.9 Å². The van der Waals surface area contributed by atoms with E-state index < -0.39 is 31.3 Å². The standard InChI is InChI=1S/C13H21F3N2O3/c1-12(2,3)9-4-5-17(6-9)11(21)18(7-10(19)20)8-13(14,15)16/h9H,4-8H2,1-3H3,(H,19,20). The number of carbonyl (C=O) groups excluding carboxylic acids is 1. The van der Waals surface area contributed by atoms with Crippen LogP contribution in [0, 0.1) is 11.3 Å². The lowest BCUT2D eigenvalue weighted by molar-refractivity contribution is -0.149. The molecule has 1 atom stereocenters. The molecule has 8 heteroatoms. The van der Waals surface area contributed by atoms with Crippen LogP contribution < -0.4 is 0 Å². The molecule has 1 heterocycles. The molecular formula is C13H21F3N2O3. The van der Waals surface area contributed by atoms with Crippen molar-refractivity contribution in [2.45, 2.75) is 33.4 Å². The summed E-state index contributed by atoms with van der Waals surface area (Å²) in [5.41, 5.74) is -0.0450. The van der Waals surface area contributed by atoms with Gasteiger partial charge in [0.05, 0.1) is 0 Å². The summed E-state index contributed by atoms with van der Waals surface area (Å²) in [7, 11) is 0. The molecule has 1 saturated heterocycles. The number of nitrogens with zero attached hydrogens (tertiary/aromatic N) is 2. The number of halogens is 3. The van der Waals surface area contributed by atoms with E-state index in [1.54, 1.807) is 0 Å². The highest BCUT2D eigenvalue weighted by molar-refractivity contribution is 5.80. The molecule has 0 aromatic rings. The third-order valence-electron chi connectivity index (χ3n) is 3.65. The number of carbonyl (C=O) groups is 2. The number of aliphatic carboxylic acids is 1. The molecule has 1 fully saturated rings. The van der Waals surface area contributed by atoms with E-state index >= 15 is 0 Å². The van der Waals surface area contributed by atoms with Crippen molar-refractivity contribution in [2.75, 3.05) is 26.2 Å². The molecule has 0 spiro atoms. The fourth-order valence-corrected chi connectivity index (χ4v) is 2.41. The Kier molecular flexibility index (Phi) is 5.11. The second-order valence-electron chi connectivity index (χ2n) is 6.45. The minimum atomic E-state index is -4.62. The molecule has 0 radical (unpaired) electrons. The van der Waals surface area contributed by atoms with Crippen molar-refractivity contribution in [1.29, 1.82) is 0 Å². The van der Waals surface area contributed by atoms with Gasteiger partial charge in [0, 0.05) is 13.1 Å². The molecule has 122 valence electrons. The first kappa shape index (κ1) is 17.6. The van der Waals surface area contributed by atoms with Crippen LogP contribution in [0.5, 0.6) is 0 Å². The van der Waals surface area contributed by atoms with Crippen molar-refractivity contribution < 1.29 is 27.9 Å². The highest BCUT2D eigenvalue weighted by Gasteiger charge is 2.39. The zero-order valence-electron chi connectivity index (χ0n) is 12.4. The van der Waals surface area contributed by atoms with Gasteiger partial charge in [0.15, 0.2) is 0 Å². The zero-order chi connectivity index (χ0) is 16.4. The first-order valence-corrected chi connectivity index (χ1v) is 6.72. The molecule has 0 aromatic heterocycles. The predicted octanol–water partition coefficient (Wildman–Crippen LogP) is 2.42. The van der Waals surface area contributed by atoms with Crippen molar-refractivity contribution >= 4 is 12.0 Å². The van der Waals surface area contributed by atoms with Crippen LogP contribution in [0.3, 0.4) is 0 Å². The summed E-state index contributed by atoms with van der Waals surface area (Å²) in [6.45, 7) is 4.25. The van der Waals surface area contributed by atoms with Crippen LogP contribution >= 0.6 is 0 Å². The minimum absolute atomic E-state index is 0.0450. The first-order chi connectivity index (χ1) is 9.40. The van der Waals surface area contributed by atoms with Crippen LogP contribution in [0.1, 0.15) is 27.2 Å². The summed E-state index contributed by atoms with van der Waals surface area (Å²) in [4.78, 5) is 24.4. The van der Waals surface area contributed by atoms with Gasteiger partial charge in [-0.05, 0) is 17.8 Å². The number of carboxylic acids is 1. The second-order valence-corrected chi connectivity index (χ2v) is 6.45. The lowest BCUT2D eigenvalue weighted by Crippen LogP contribution is -2.48. The van der Waals surface area contributed by atoms with E-state index in [9.17, 15) is 22.8 Å². The Morgan fingerprint density at radius 2 is 1.86 bits per heavy atom. The molecule has 2 amide bonds. The van der Waals surface area contributed by atoms with Gasteiger partial charge in [-0.1, -0.05) is 20.8 Å². The van der Waals surface area contributed by atoms with Gasteiger partial charge in [-0.2, -0.15) is 13.2 Å². The molecule has 0 saturated carbocycles. The third-order valence-corrected chi connectivity index (χ3v) is 3.65. The lowest BCUT2D eigenvalue weighted by atomic mass is 9.80. The van der Waals surface area contributed by atoms with Gasteiger partial charge in [0.2, 0.25) is 0 Å². The molecule has 0 aromatic carbocycles. The van der Waals surface area contributed by atoms with Crippen molar-refractivity contribution in [1.82, 2.24) is 9.80 Å². The van der Waals surface area contributed by atoms with Gasteiger partial charge < -0.3 is 14.9 Å². The molecule has 1 N–H and O–H groups in total. The molecule has 0 bridgehead atoms. The molecule has 21 heavy (non-hydrogen) atoms. The summed E-state index contributed by atoms with van der Waals surface area (Å²) in [6.07, 6.45) is -3.91. The predicted molar refractivity (Wildman–Crippen MR) is 69.8 cm³/mol. The lowest BCUT2D eigenvalue weighted by Gasteiger charge is -2.30. The third kappa shape index (κ3) is 5.43. The quantitative estimate of drug-likeness (QED) is 0.871. The highest BCUT2D eigenvalue weighted by atomic mass is 19.4. The van der Waals surface area contributed by atoms with E-state index in [-0.39, 0.29) is 11.3 Å². The highest BCUT2D eigenvalue weighted by Crippen LogP contribution is 2.34. The number of rotatable bonds is 3. The van der Waals surface area contributed by atoms with Crippen LogP contribution in [0.2, 0.25) is 0 Å². The second kappa shape index (κ2) is 6.11. The molecule has 1 unspecified atom stereocenters. The summed E-state index contributed by atoms with van der Waals surface area (Å²) >= 11 is 0. The largest absolute Gasteiger partial charge is 0.480 e. The summed E-state index contributed by atoms with van der Waals surface area (Å²) in [5.74, 6) is -1.27. The number of urea groups is 1. The van der Waals surface area contributed by atoms with E-state index in [0.717, 1.165) is 0 Å². The average molecular weight is 310 g/mol. The Bertz CT molecular complexity index is 404. The molecular weight excluding hydrogens is 289 g/mol. The zero-order valence-corrected chi connectivity index (χ0v) is 12.4. The molecule has 1 aliphatic rings. The maximum absolute atomic E-state index is 12.5. The maximum atomic E-state index is 12.5. The number of hydrogen-bond donors (Lipinski definition) is 1. The monoisotopic (exact) mass is 310 g/mol. The van der Waals surface area contributed by atoms with Gasteiger partial charge in [-0.3, -0.25) is 4.79 Å². The Balaban J connectivity index is 2.75. The van der Waals surface area contributed by atoms with Crippen molar-refractivity contribution in [3.63, 3.8) is 0 Å². The van der Waals surface area contributed by atoms with Crippen LogP contribution in [-0.2, 0) is 4.79 Å². The molecule has 0 aliphatic carbocycles.